The number of ether oxygens (including phenoxy) is 2. The molecule has 4 nitrogen and oxygen atoms in total. The van der Waals surface area contributed by atoms with Crippen LogP contribution < -0.4 is 5.32 Å². The van der Waals surface area contributed by atoms with Gasteiger partial charge in [0.2, 0.25) is 0 Å². The second-order valence-electron chi connectivity index (χ2n) is 6.26. The smallest absolute Gasteiger partial charge is 0.114 e. The van der Waals surface area contributed by atoms with Crippen molar-refractivity contribution in [2.45, 2.75) is 18.2 Å². The van der Waals surface area contributed by atoms with Crippen molar-refractivity contribution in [2.24, 2.45) is 0 Å². The highest BCUT2D eigenvalue weighted by Gasteiger charge is 2.41. The molecule has 24 heavy (non-hydrogen) atoms. The summed E-state index contributed by atoms with van der Waals surface area (Å²) in [5.41, 5.74) is 4.48. The van der Waals surface area contributed by atoms with Gasteiger partial charge in [0.15, 0.2) is 0 Å². The summed E-state index contributed by atoms with van der Waals surface area (Å²) >= 11 is 0. The summed E-state index contributed by atoms with van der Waals surface area (Å²) in [5, 5.41) is 4.81. The Hall–Kier alpha value is -2.43. The summed E-state index contributed by atoms with van der Waals surface area (Å²) in [5.74, 6) is 0. The van der Waals surface area contributed by atoms with E-state index in [9.17, 15) is 0 Å². The molecule has 2 aliphatic heterocycles. The number of hydrogen-bond acceptors (Lipinski definition) is 4. The van der Waals surface area contributed by atoms with Crippen molar-refractivity contribution in [1.29, 1.82) is 0 Å². The molecule has 0 saturated carbocycles. The van der Waals surface area contributed by atoms with Crippen LogP contribution in [0.3, 0.4) is 0 Å². The normalized spacial score (nSPS) is 25.6. The monoisotopic (exact) mass is 318 g/mol. The third kappa shape index (κ3) is 2.11. The summed E-state index contributed by atoms with van der Waals surface area (Å²) < 4.78 is 12.3. The lowest BCUT2D eigenvalue weighted by Crippen LogP contribution is -2.43. The summed E-state index contributed by atoms with van der Waals surface area (Å²) in [7, 11) is 0. The van der Waals surface area contributed by atoms with E-state index in [1.54, 1.807) is 0 Å². The van der Waals surface area contributed by atoms with Gasteiger partial charge in [-0.2, -0.15) is 0 Å². The van der Waals surface area contributed by atoms with Crippen LogP contribution in [0.15, 0.2) is 60.8 Å². The van der Waals surface area contributed by atoms with Crippen molar-refractivity contribution in [3.63, 3.8) is 0 Å². The summed E-state index contributed by atoms with van der Waals surface area (Å²) in [6.07, 6.45) is 1.71. The van der Waals surface area contributed by atoms with E-state index in [2.05, 4.69) is 52.8 Å². The van der Waals surface area contributed by atoms with Crippen LogP contribution in [-0.4, -0.2) is 24.3 Å². The number of fused-ring (bicyclic) bond motifs is 5. The second-order valence-corrected chi connectivity index (χ2v) is 6.26. The molecule has 3 heterocycles. The lowest BCUT2D eigenvalue weighted by atomic mass is 9.86. The standard InChI is InChI=1S/C20H18N2O2/c1-2-5-13(6-3-1)18-20-19(23-11-12-24-20)17-14-7-4-10-21-15(14)8-9-16(17)22-18/h1-10,18-20,22H,11-12H2/t18-,19-,20+/m1/s1. The predicted molar refractivity (Wildman–Crippen MR) is 93.0 cm³/mol. The minimum Gasteiger partial charge on any atom is -0.375 e. The van der Waals surface area contributed by atoms with Crippen LogP contribution in [0.4, 0.5) is 5.69 Å². The molecule has 0 spiro atoms. The number of hydrogen-bond donors (Lipinski definition) is 1. The van der Waals surface area contributed by atoms with Crippen molar-refractivity contribution < 1.29 is 9.47 Å². The van der Waals surface area contributed by atoms with E-state index < -0.39 is 0 Å². The Morgan fingerprint density at radius 2 is 1.79 bits per heavy atom. The SMILES string of the molecule is c1ccc([C@H]2Nc3ccc4ncccc4c3[C@H]3OCCO[C@@H]23)cc1. The number of nitrogens with one attached hydrogen (secondary N) is 1. The summed E-state index contributed by atoms with van der Waals surface area (Å²) in [6.45, 7) is 1.25. The highest BCUT2D eigenvalue weighted by molar-refractivity contribution is 5.88. The molecule has 120 valence electrons. The first-order valence-corrected chi connectivity index (χ1v) is 8.34. The van der Waals surface area contributed by atoms with Gasteiger partial charge in [0.1, 0.15) is 12.2 Å². The lowest BCUT2D eigenvalue weighted by molar-refractivity contribution is -0.150. The Labute approximate surface area is 140 Å². The van der Waals surface area contributed by atoms with Gasteiger partial charge in [-0.15, -0.1) is 0 Å². The van der Waals surface area contributed by atoms with E-state index in [1.807, 2.05) is 18.3 Å². The zero-order valence-corrected chi connectivity index (χ0v) is 13.2. The first-order chi connectivity index (χ1) is 11.9. The highest BCUT2D eigenvalue weighted by Crippen LogP contribution is 2.46. The molecule has 4 heteroatoms. The number of benzene rings is 2. The third-order valence-corrected chi connectivity index (χ3v) is 4.90. The van der Waals surface area contributed by atoms with Gasteiger partial charge in [-0.25, -0.2) is 0 Å². The van der Waals surface area contributed by atoms with Gasteiger partial charge < -0.3 is 14.8 Å². The average Bonchev–Trinajstić information content (AvgIpc) is 2.67. The van der Waals surface area contributed by atoms with Gasteiger partial charge in [0.25, 0.3) is 0 Å². The van der Waals surface area contributed by atoms with Crippen LogP contribution in [0, 0.1) is 0 Å². The number of pyridine rings is 1. The minimum atomic E-state index is -0.0758. The molecule has 0 bridgehead atoms. The maximum Gasteiger partial charge on any atom is 0.114 e. The minimum absolute atomic E-state index is 0.0422. The van der Waals surface area contributed by atoms with Crippen molar-refractivity contribution >= 4 is 16.6 Å². The predicted octanol–water partition coefficient (Wildman–Crippen LogP) is 3.86. The molecule has 1 N–H and O–H groups in total. The van der Waals surface area contributed by atoms with Gasteiger partial charge in [-0.05, 0) is 23.8 Å². The van der Waals surface area contributed by atoms with Crippen LogP contribution in [0.25, 0.3) is 10.9 Å². The number of aromatic nitrogens is 1. The molecule has 0 amide bonds. The molecule has 3 aromatic rings. The van der Waals surface area contributed by atoms with Crippen molar-refractivity contribution in [2.75, 3.05) is 18.5 Å². The second kappa shape index (κ2) is 5.58. The van der Waals surface area contributed by atoms with Crippen LogP contribution in [0.5, 0.6) is 0 Å². The van der Waals surface area contributed by atoms with Gasteiger partial charge in [-0.1, -0.05) is 36.4 Å². The number of anilines is 1. The highest BCUT2D eigenvalue weighted by atomic mass is 16.6. The largest absolute Gasteiger partial charge is 0.375 e. The molecular weight excluding hydrogens is 300 g/mol. The van der Waals surface area contributed by atoms with E-state index in [4.69, 9.17) is 9.47 Å². The Morgan fingerprint density at radius 3 is 2.71 bits per heavy atom. The van der Waals surface area contributed by atoms with Crippen molar-refractivity contribution in [3.05, 3.63) is 71.9 Å². The van der Waals surface area contributed by atoms with Crippen LogP contribution >= 0.6 is 0 Å². The molecule has 1 aromatic heterocycles. The zero-order valence-electron chi connectivity index (χ0n) is 13.2. The van der Waals surface area contributed by atoms with Gasteiger partial charge in [0.05, 0.1) is 24.8 Å². The van der Waals surface area contributed by atoms with E-state index in [1.165, 1.54) is 5.56 Å². The average molecular weight is 318 g/mol. The van der Waals surface area contributed by atoms with Crippen LogP contribution in [0.1, 0.15) is 23.3 Å². The Bertz CT molecular complexity index is 881. The third-order valence-electron chi connectivity index (χ3n) is 4.90. The Kier molecular flexibility index (Phi) is 3.25. The molecule has 0 radical (unpaired) electrons. The van der Waals surface area contributed by atoms with E-state index >= 15 is 0 Å². The quantitative estimate of drug-likeness (QED) is 0.740. The van der Waals surface area contributed by atoms with E-state index in [-0.39, 0.29) is 18.2 Å². The fourth-order valence-corrected chi connectivity index (χ4v) is 3.85. The fraction of sp³-hybridized carbons (Fsp3) is 0.250. The van der Waals surface area contributed by atoms with Crippen molar-refractivity contribution in [1.82, 2.24) is 4.98 Å². The Morgan fingerprint density at radius 1 is 0.917 bits per heavy atom. The topological polar surface area (TPSA) is 43.4 Å². The molecule has 3 atom stereocenters. The van der Waals surface area contributed by atoms with Crippen LogP contribution in [-0.2, 0) is 9.47 Å². The summed E-state index contributed by atoms with van der Waals surface area (Å²) in [4.78, 5) is 4.48. The Balaban J connectivity index is 1.69. The lowest BCUT2D eigenvalue weighted by Gasteiger charge is -2.43. The molecule has 1 saturated heterocycles. The summed E-state index contributed by atoms with van der Waals surface area (Å²) in [6, 6.07) is 18.8. The number of rotatable bonds is 1. The first-order valence-electron chi connectivity index (χ1n) is 8.34. The van der Waals surface area contributed by atoms with Gasteiger partial charge >= 0.3 is 0 Å². The van der Waals surface area contributed by atoms with Crippen LogP contribution in [0.2, 0.25) is 0 Å². The molecule has 1 fully saturated rings. The zero-order chi connectivity index (χ0) is 15.9. The maximum atomic E-state index is 6.18. The maximum absolute atomic E-state index is 6.18. The van der Waals surface area contributed by atoms with E-state index in [0.717, 1.165) is 22.2 Å². The molecule has 0 aliphatic carbocycles. The molecule has 2 aromatic carbocycles. The first kappa shape index (κ1) is 14.0. The molecule has 0 unspecified atom stereocenters. The van der Waals surface area contributed by atoms with Gasteiger partial charge in [0, 0.05) is 22.8 Å². The van der Waals surface area contributed by atoms with Crippen molar-refractivity contribution in [3.8, 4) is 0 Å². The molecule has 2 aliphatic rings. The number of nitrogens with zero attached hydrogens (tertiary/aromatic N) is 1. The molecule has 5 rings (SSSR count). The fourth-order valence-electron chi connectivity index (χ4n) is 3.85. The van der Waals surface area contributed by atoms with E-state index in [0.29, 0.717) is 13.2 Å². The molecular formula is C20H18N2O2. The van der Waals surface area contributed by atoms with Gasteiger partial charge in [-0.3, -0.25) is 4.98 Å².